The first kappa shape index (κ1) is 24.5. The zero-order valence-electron chi connectivity index (χ0n) is 18.8. The molecule has 172 valence electrons. The van der Waals surface area contributed by atoms with Gasteiger partial charge in [0.1, 0.15) is 5.75 Å². The van der Waals surface area contributed by atoms with E-state index in [1.165, 1.54) is 34.5 Å². The van der Waals surface area contributed by atoms with Gasteiger partial charge in [-0.05, 0) is 55.9 Å². The molecule has 0 aliphatic heterocycles. The number of ether oxygens (including phenoxy) is 2. The molecule has 7 heteroatoms. The standard InChI is InChI=1S/C25H31N3O2S.ClH/c1-18-8-3-4-9-20(18)17-30-24(19-10-7-11-21(16-19)29-2)28(15-14-26)25-27-22-12-5-6-13-23(22)31-25;/h3-4,7-11,16,24H,5-6,12-15,17,26H2,1-2H3;1H. The van der Waals surface area contributed by atoms with Crippen molar-refractivity contribution in [2.24, 2.45) is 5.73 Å². The van der Waals surface area contributed by atoms with Crippen molar-refractivity contribution in [3.05, 3.63) is 75.8 Å². The molecule has 2 N–H and O–H groups in total. The Morgan fingerprint density at radius 3 is 2.69 bits per heavy atom. The van der Waals surface area contributed by atoms with Crippen LogP contribution in [0.25, 0.3) is 0 Å². The maximum atomic E-state index is 6.58. The summed E-state index contributed by atoms with van der Waals surface area (Å²) in [6.45, 7) is 3.83. The topological polar surface area (TPSA) is 60.6 Å². The summed E-state index contributed by atoms with van der Waals surface area (Å²) in [7, 11) is 1.69. The highest BCUT2D eigenvalue weighted by Gasteiger charge is 2.26. The van der Waals surface area contributed by atoms with E-state index in [2.05, 4.69) is 42.2 Å². The number of benzene rings is 2. The number of thiazole rings is 1. The molecule has 0 radical (unpaired) electrons. The van der Waals surface area contributed by atoms with E-state index in [0.717, 1.165) is 29.3 Å². The highest BCUT2D eigenvalue weighted by atomic mass is 35.5. The van der Waals surface area contributed by atoms with Gasteiger partial charge in [-0.1, -0.05) is 36.4 Å². The maximum absolute atomic E-state index is 6.58. The second-order valence-corrected chi connectivity index (χ2v) is 8.98. The number of hydrogen-bond acceptors (Lipinski definition) is 6. The van der Waals surface area contributed by atoms with Gasteiger partial charge in [0.15, 0.2) is 11.4 Å². The van der Waals surface area contributed by atoms with Gasteiger partial charge in [0.25, 0.3) is 0 Å². The number of aryl methyl sites for hydroxylation is 3. The molecule has 5 nitrogen and oxygen atoms in total. The van der Waals surface area contributed by atoms with E-state index in [9.17, 15) is 0 Å². The Bertz CT molecular complexity index is 987. The minimum absolute atomic E-state index is 0. The fourth-order valence-electron chi connectivity index (χ4n) is 4.02. The Kier molecular flexibility index (Phi) is 8.93. The van der Waals surface area contributed by atoms with Crippen LogP contribution in [0.1, 0.15) is 46.3 Å². The third-order valence-electron chi connectivity index (χ3n) is 5.77. The van der Waals surface area contributed by atoms with Crippen molar-refractivity contribution in [1.29, 1.82) is 0 Å². The number of fused-ring (bicyclic) bond motifs is 1. The van der Waals surface area contributed by atoms with E-state index in [4.69, 9.17) is 20.2 Å². The van der Waals surface area contributed by atoms with Gasteiger partial charge in [-0.25, -0.2) is 4.98 Å². The van der Waals surface area contributed by atoms with Gasteiger partial charge in [0, 0.05) is 23.5 Å². The van der Waals surface area contributed by atoms with Crippen LogP contribution >= 0.6 is 23.7 Å². The first-order chi connectivity index (χ1) is 15.2. The molecule has 0 saturated carbocycles. The van der Waals surface area contributed by atoms with Crippen LogP contribution in [0.3, 0.4) is 0 Å². The number of halogens is 1. The lowest BCUT2D eigenvalue weighted by Gasteiger charge is -2.32. The largest absolute Gasteiger partial charge is 0.497 e. The molecule has 1 aliphatic carbocycles. The van der Waals surface area contributed by atoms with Crippen molar-refractivity contribution in [3.63, 3.8) is 0 Å². The average molecular weight is 474 g/mol. The fourth-order valence-corrected chi connectivity index (χ4v) is 5.21. The number of methoxy groups -OCH3 is 1. The molecule has 3 aromatic rings. The zero-order valence-corrected chi connectivity index (χ0v) is 20.4. The lowest BCUT2D eigenvalue weighted by molar-refractivity contribution is 0.0369. The van der Waals surface area contributed by atoms with Crippen molar-refractivity contribution in [3.8, 4) is 5.75 Å². The smallest absolute Gasteiger partial charge is 0.188 e. The Labute approximate surface area is 201 Å². The van der Waals surface area contributed by atoms with E-state index < -0.39 is 0 Å². The summed E-state index contributed by atoms with van der Waals surface area (Å²) in [5.74, 6) is 0.813. The minimum atomic E-state index is -0.300. The molecule has 1 aromatic heterocycles. The number of anilines is 1. The minimum Gasteiger partial charge on any atom is -0.497 e. The quantitative estimate of drug-likeness (QED) is 0.419. The molecule has 4 rings (SSSR count). The molecule has 2 aromatic carbocycles. The van der Waals surface area contributed by atoms with E-state index in [1.807, 2.05) is 18.2 Å². The number of nitrogens with two attached hydrogens (primary N) is 1. The van der Waals surface area contributed by atoms with Gasteiger partial charge < -0.3 is 20.1 Å². The highest BCUT2D eigenvalue weighted by Crippen LogP contribution is 2.37. The molecule has 0 spiro atoms. The Morgan fingerprint density at radius 1 is 1.12 bits per heavy atom. The van der Waals surface area contributed by atoms with Crippen molar-refractivity contribution < 1.29 is 9.47 Å². The molecule has 0 fully saturated rings. The van der Waals surface area contributed by atoms with Crippen LogP contribution in [-0.2, 0) is 24.2 Å². The molecule has 1 aliphatic rings. The molecule has 1 heterocycles. The fraction of sp³-hybridized carbons (Fsp3) is 0.400. The van der Waals surface area contributed by atoms with Crippen molar-refractivity contribution in [2.75, 3.05) is 25.1 Å². The van der Waals surface area contributed by atoms with E-state index >= 15 is 0 Å². The Morgan fingerprint density at radius 2 is 1.94 bits per heavy atom. The zero-order chi connectivity index (χ0) is 21.6. The Hall–Kier alpha value is -2.12. The summed E-state index contributed by atoms with van der Waals surface area (Å²) < 4.78 is 12.1. The van der Waals surface area contributed by atoms with Crippen LogP contribution in [0.5, 0.6) is 5.75 Å². The Balaban J connectivity index is 0.00000289. The molecule has 0 saturated heterocycles. The number of hydrogen-bond donors (Lipinski definition) is 1. The van der Waals surface area contributed by atoms with Gasteiger partial charge in [-0.3, -0.25) is 0 Å². The third kappa shape index (κ3) is 5.62. The lowest BCUT2D eigenvalue weighted by atomic mass is 10.0. The summed E-state index contributed by atoms with van der Waals surface area (Å²) in [6.07, 6.45) is 4.35. The van der Waals surface area contributed by atoms with Gasteiger partial charge in [-0.15, -0.1) is 23.7 Å². The normalized spacial score (nSPS) is 13.7. The predicted octanol–water partition coefficient (Wildman–Crippen LogP) is 5.44. The van der Waals surface area contributed by atoms with Crippen LogP contribution in [0.4, 0.5) is 5.13 Å². The van der Waals surface area contributed by atoms with E-state index in [0.29, 0.717) is 19.7 Å². The first-order valence-electron chi connectivity index (χ1n) is 10.9. The highest BCUT2D eigenvalue weighted by molar-refractivity contribution is 7.15. The van der Waals surface area contributed by atoms with Crippen molar-refractivity contribution in [1.82, 2.24) is 4.98 Å². The van der Waals surface area contributed by atoms with Crippen molar-refractivity contribution >= 4 is 28.9 Å². The number of aromatic nitrogens is 1. The third-order valence-corrected chi connectivity index (χ3v) is 6.96. The second-order valence-electron chi connectivity index (χ2n) is 7.92. The van der Waals surface area contributed by atoms with Crippen LogP contribution in [-0.4, -0.2) is 25.2 Å². The van der Waals surface area contributed by atoms with Crippen LogP contribution in [0.15, 0.2) is 48.5 Å². The number of nitrogens with zero attached hydrogens (tertiary/aromatic N) is 2. The average Bonchev–Trinajstić information content (AvgIpc) is 3.24. The van der Waals surface area contributed by atoms with Crippen LogP contribution < -0.4 is 15.4 Å². The summed E-state index contributed by atoms with van der Waals surface area (Å²) in [6, 6.07) is 16.4. The second kappa shape index (κ2) is 11.7. The van der Waals surface area contributed by atoms with Crippen LogP contribution in [0, 0.1) is 6.92 Å². The summed E-state index contributed by atoms with van der Waals surface area (Å²) >= 11 is 1.79. The molecule has 32 heavy (non-hydrogen) atoms. The summed E-state index contributed by atoms with van der Waals surface area (Å²) in [4.78, 5) is 8.64. The SMILES string of the molecule is COc1cccc(C(OCc2ccccc2C)N(CCN)c2nc3c(s2)CCCC3)c1.Cl. The summed E-state index contributed by atoms with van der Waals surface area (Å²) in [5.41, 5.74) is 10.7. The molecular weight excluding hydrogens is 442 g/mol. The van der Waals surface area contributed by atoms with Crippen molar-refractivity contribution in [2.45, 2.75) is 45.4 Å². The maximum Gasteiger partial charge on any atom is 0.188 e. The lowest BCUT2D eigenvalue weighted by Crippen LogP contribution is -2.35. The van der Waals surface area contributed by atoms with E-state index in [-0.39, 0.29) is 18.6 Å². The predicted molar refractivity (Wildman–Crippen MR) is 134 cm³/mol. The molecule has 1 atom stereocenters. The molecule has 0 bridgehead atoms. The van der Waals surface area contributed by atoms with Gasteiger partial charge >= 0.3 is 0 Å². The number of rotatable bonds is 9. The molecular formula is C25H32ClN3O2S. The molecule has 0 amide bonds. The summed E-state index contributed by atoms with van der Waals surface area (Å²) in [5, 5.41) is 0.995. The van der Waals surface area contributed by atoms with Gasteiger partial charge in [-0.2, -0.15) is 0 Å². The van der Waals surface area contributed by atoms with Gasteiger partial charge in [0.2, 0.25) is 0 Å². The monoisotopic (exact) mass is 473 g/mol. The van der Waals surface area contributed by atoms with E-state index in [1.54, 1.807) is 18.4 Å². The van der Waals surface area contributed by atoms with Crippen LogP contribution in [0.2, 0.25) is 0 Å². The molecule has 1 unspecified atom stereocenters. The first-order valence-corrected chi connectivity index (χ1v) is 11.8. The van der Waals surface area contributed by atoms with Gasteiger partial charge in [0.05, 0.1) is 19.4 Å².